The van der Waals surface area contributed by atoms with Gasteiger partial charge in [-0.2, -0.15) is 5.26 Å². The number of benzene rings is 1. The Balaban J connectivity index is 1.58. The lowest BCUT2D eigenvalue weighted by molar-refractivity contribution is -0.112. The zero-order valence-electron chi connectivity index (χ0n) is 16.1. The third kappa shape index (κ3) is 5.79. The van der Waals surface area contributed by atoms with Crippen molar-refractivity contribution in [3.8, 4) is 11.8 Å². The molecule has 0 radical (unpaired) electrons. The Morgan fingerprint density at radius 2 is 2.07 bits per heavy atom. The highest BCUT2D eigenvalue weighted by Gasteiger charge is 2.12. The van der Waals surface area contributed by atoms with Gasteiger partial charge < -0.3 is 15.8 Å². The highest BCUT2D eigenvalue weighted by Crippen LogP contribution is 2.32. The summed E-state index contributed by atoms with van der Waals surface area (Å²) >= 11 is 2.78. The first-order chi connectivity index (χ1) is 14.1. The molecule has 2 heterocycles. The number of carbonyl (C=O) groups excluding carboxylic acids is 1. The molecule has 0 saturated carbocycles. The normalized spacial score (nSPS) is 11.4. The molecular formula is C21H22N4O2S2. The number of rotatable bonds is 9. The Hall–Kier alpha value is -2.89. The van der Waals surface area contributed by atoms with Crippen LogP contribution in [0.15, 0.2) is 35.9 Å². The Bertz CT molecular complexity index is 1010. The van der Waals surface area contributed by atoms with Gasteiger partial charge in [0.1, 0.15) is 22.2 Å². The van der Waals surface area contributed by atoms with Crippen molar-refractivity contribution in [3.05, 3.63) is 40.8 Å². The lowest BCUT2D eigenvalue weighted by Gasteiger charge is -2.08. The predicted octanol–water partition coefficient (Wildman–Crippen LogP) is 5.44. The third-order valence-electron chi connectivity index (χ3n) is 4.16. The van der Waals surface area contributed by atoms with Gasteiger partial charge in [0.2, 0.25) is 0 Å². The average molecular weight is 427 g/mol. The van der Waals surface area contributed by atoms with Crippen molar-refractivity contribution < 1.29 is 9.53 Å². The van der Waals surface area contributed by atoms with Crippen molar-refractivity contribution in [1.82, 2.24) is 4.98 Å². The summed E-state index contributed by atoms with van der Waals surface area (Å²) in [6.07, 6.45) is 6.18. The largest absolute Gasteiger partial charge is 0.494 e. The Labute approximate surface area is 177 Å². The number of carbonyl (C=O) groups is 1. The first kappa shape index (κ1) is 20.8. The van der Waals surface area contributed by atoms with E-state index in [0.717, 1.165) is 26.6 Å². The number of hydrogen-bond acceptors (Lipinski definition) is 7. The molecule has 0 fully saturated rings. The molecule has 0 spiro atoms. The smallest absolute Gasteiger partial charge is 0.266 e. The van der Waals surface area contributed by atoms with E-state index in [-0.39, 0.29) is 5.57 Å². The third-order valence-corrected chi connectivity index (χ3v) is 6.09. The summed E-state index contributed by atoms with van der Waals surface area (Å²) in [5.41, 5.74) is 6.31. The van der Waals surface area contributed by atoms with E-state index < -0.39 is 5.91 Å². The van der Waals surface area contributed by atoms with E-state index in [1.807, 2.05) is 24.3 Å². The van der Waals surface area contributed by atoms with Gasteiger partial charge in [-0.1, -0.05) is 37.5 Å². The lowest BCUT2D eigenvalue weighted by atomic mass is 10.2. The van der Waals surface area contributed by atoms with Crippen LogP contribution in [-0.2, 0) is 4.79 Å². The topological polar surface area (TPSA) is 101 Å². The Morgan fingerprint density at radius 3 is 2.76 bits per heavy atom. The minimum absolute atomic E-state index is 0.0307. The molecule has 3 rings (SSSR count). The van der Waals surface area contributed by atoms with E-state index >= 15 is 0 Å². The molecule has 0 aliphatic heterocycles. The standard InChI is InChI=1S/C21H22N4O2S2/c1-2-3-4-5-10-27-16-8-6-15(7-9-16)24-19(26)14(13-22)11-17-12-18-20(28-17)25-21(23)29-18/h6-9,11-12H,2-5,10H2,1H3,(H2,23,25)(H,24,26)/b14-11+. The van der Waals surface area contributed by atoms with Crippen molar-refractivity contribution in [2.75, 3.05) is 17.7 Å². The number of fused-ring (bicyclic) bond motifs is 1. The summed E-state index contributed by atoms with van der Waals surface area (Å²) in [7, 11) is 0. The van der Waals surface area contributed by atoms with Gasteiger partial charge in [-0.25, -0.2) is 4.98 Å². The molecule has 0 aliphatic rings. The van der Waals surface area contributed by atoms with E-state index in [9.17, 15) is 10.1 Å². The van der Waals surface area contributed by atoms with Crippen LogP contribution in [-0.4, -0.2) is 17.5 Å². The number of nitrogens with two attached hydrogens (primary N) is 1. The number of nitriles is 1. The van der Waals surface area contributed by atoms with Crippen LogP contribution in [0.5, 0.6) is 5.75 Å². The van der Waals surface area contributed by atoms with E-state index in [1.165, 1.54) is 41.9 Å². The summed E-state index contributed by atoms with van der Waals surface area (Å²) in [5, 5.41) is 12.6. The van der Waals surface area contributed by atoms with Crippen LogP contribution in [0.2, 0.25) is 0 Å². The number of unbranched alkanes of at least 4 members (excludes halogenated alkanes) is 3. The van der Waals surface area contributed by atoms with Gasteiger partial charge in [0, 0.05) is 10.6 Å². The zero-order chi connectivity index (χ0) is 20.6. The van der Waals surface area contributed by atoms with E-state index in [4.69, 9.17) is 10.5 Å². The fourth-order valence-electron chi connectivity index (χ4n) is 2.68. The molecule has 0 saturated heterocycles. The summed E-state index contributed by atoms with van der Waals surface area (Å²) in [6, 6.07) is 11.0. The highest BCUT2D eigenvalue weighted by atomic mass is 32.1. The fraction of sp³-hybridized carbons (Fsp3) is 0.286. The molecule has 150 valence electrons. The van der Waals surface area contributed by atoms with Crippen molar-refractivity contribution >= 4 is 55.0 Å². The van der Waals surface area contributed by atoms with Crippen LogP contribution >= 0.6 is 22.7 Å². The fourth-order valence-corrected chi connectivity index (χ4v) is 4.63. The van der Waals surface area contributed by atoms with Crippen LogP contribution in [0.1, 0.15) is 37.5 Å². The lowest BCUT2D eigenvalue weighted by Crippen LogP contribution is -2.13. The molecule has 2 aromatic heterocycles. The number of hydrogen-bond donors (Lipinski definition) is 2. The summed E-state index contributed by atoms with van der Waals surface area (Å²) < 4.78 is 6.65. The molecule has 6 nitrogen and oxygen atoms in total. The summed E-state index contributed by atoms with van der Waals surface area (Å²) in [5.74, 6) is 0.311. The molecule has 3 aromatic rings. The van der Waals surface area contributed by atoms with E-state index in [1.54, 1.807) is 18.2 Å². The molecule has 8 heteroatoms. The minimum atomic E-state index is -0.454. The maximum Gasteiger partial charge on any atom is 0.266 e. The first-order valence-corrected chi connectivity index (χ1v) is 11.0. The summed E-state index contributed by atoms with van der Waals surface area (Å²) in [6.45, 7) is 2.86. The van der Waals surface area contributed by atoms with Crippen LogP contribution < -0.4 is 15.8 Å². The van der Waals surface area contributed by atoms with Crippen LogP contribution in [0, 0.1) is 11.3 Å². The molecule has 0 unspecified atom stereocenters. The number of ether oxygens (including phenoxy) is 1. The number of nitrogens with zero attached hydrogens (tertiary/aromatic N) is 2. The maximum absolute atomic E-state index is 12.5. The molecule has 0 aliphatic carbocycles. The van der Waals surface area contributed by atoms with Gasteiger partial charge in [0.15, 0.2) is 5.13 Å². The predicted molar refractivity (Wildman–Crippen MR) is 120 cm³/mol. The van der Waals surface area contributed by atoms with Gasteiger partial charge >= 0.3 is 0 Å². The zero-order valence-corrected chi connectivity index (χ0v) is 17.7. The van der Waals surface area contributed by atoms with Crippen molar-refractivity contribution in [2.24, 2.45) is 0 Å². The van der Waals surface area contributed by atoms with Crippen LogP contribution in [0.4, 0.5) is 10.8 Å². The number of thiazole rings is 1. The SMILES string of the molecule is CCCCCCOc1ccc(NC(=O)/C(C#N)=C/c2cc3sc(N)nc3s2)cc1. The molecule has 1 aromatic carbocycles. The van der Waals surface area contributed by atoms with Gasteiger partial charge in [0.25, 0.3) is 5.91 Å². The second-order valence-electron chi connectivity index (χ2n) is 6.43. The number of anilines is 2. The van der Waals surface area contributed by atoms with E-state index in [2.05, 4.69) is 17.2 Å². The van der Waals surface area contributed by atoms with Crippen LogP contribution in [0.25, 0.3) is 15.6 Å². The maximum atomic E-state index is 12.5. The number of thiophene rings is 1. The molecule has 1 amide bonds. The molecule has 3 N–H and O–H groups in total. The highest BCUT2D eigenvalue weighted by molar-refractivity contribution is 7.29. The molecule has 29 heavy (non-hydrogen) atoms. The van der Waals surface area contributed by atoms with Gasteiger partial charge in [0.05, 0.1) is 11.3 Å². The Kier molecular flexibility index (Phi) is 7.22. The second-order valence-corrected chi connectivity index (χ2v) is 8.55. The van der Waals surface area contributed by atoms with Gasteiger partial charge in [-0.05, 0) is 42.8 Å². The quantitative estimate of drug-likeness (QED) is 0.269. The first-order valence-electron chi connectivity index (χ1n) is 9.41. The summed E-state index contributed by atoms with van der Waals surface area (Å²) in [4.78, 5) is 18.3. The van der Waals surface area contributed by atoms with E-state index in [0.29, 0.717) is 17.4 Å². The molecule has 0 bridgehead atoms. The number of nitrogens with one attached hydrogen (secondary N) is 1. The minimum Gasteiger partial charge on any atom is -0.494 e. The Morgan fingerprint density at radius 1 is 1.28 bits per heavy atom. The van der Waals surface area contributed by atoms with Crippen molar-refractivity contribution in [3.63, 3.8) is 0 Å². The number of amides is 1. The molecular weight excluding hydrogens is 404 g/mol. The van der Waals surface area contributed by atoms with Gasteiger partial charge in [-0.3, -0.25) is 4.79 Å². The van der Waals surface area contributed by atoms with Crippen LogP contribution in [0.3, 0.4) is 0 Å². The number of nitrogen functional groups attached to an aromatic ring is 1. The van der Waals surface area contributed by atoms with Gasteiger partial charge in [-0.15, -0.1) is 11.3 Å². The second kappa shape index (κ2) is 10.0. The van der Waals surface area contributed by atoms with Crippen molar-refractivity contribution in [1.29, 1.82) is 5.26 Å². The van der Waals surface area contributed by atoms with Crippen molar-refractivity contribution in [2.45, 2.75) is 32.6 Å². The molecule has 0 atom stereocenters. The number of aromatic nitrogens is 1. The average Bonchev–Trinajstić information content (AvgIpc) is 3.23. The monoisotopic (exact) mass is 426 g/mol.